The molecule has 0 saturated heterocycles. The van der Waals surface area contributed by atoms with Crippen molar-refractivity contribution < 1.29 is 4.79 Å². The van der Waals surface area contributed by atoms with Gasteiger partial charge in [0.15, 0.2) is 0 Å². The lowest BCUT2D eigenvalue weighted by atomic mass is 10.1. The summed E-state index contributed by atoms with van der Waals surface area (Å²) in [4.78, 5) is 29.2. The number of nitrogens with one attached hydrogen (secondary N) is 1. The highest BCUT2D eigenvalue weighted by Crippen LogP contribution is 2.16. The first-order valence-corrected chi connectivity index (χ1v) is 8.86. The number of carbonyl (C=O) groups excluding carboxylic acids is 1. The number of pyridine rings is 1. The highest BCUT2D eigenvalue weighted by Gasteiger charge is 2.13. The third-order valence-corrected chi connectivity index (χ3v) is 4.63. The first-order valence-electron chi connectivity index (χ1n) is 8.86. The van der Waals surface area contributed by atoms with Crippen LogP contribution in [-0.4, -0.2) is 31.6 Å². The molecule has 27 heavy (non-hydrogen) atoms. The average molecular weight is 361 g/mol. The molecule has 136 valence electrons. The zero-order valence-corrected chi connectivity index (χ0v) is 14.9. The number of amides is 1. The van der Waals surface area contributed by atoms with Gasteiger partial charge >= 0.3 is 0 Å². The number of aryl methyl sites for hydroxylation is 1. The molecule has 7 heteroatoms. The molecule has 1 amide bonds. The minimum Gasteiger partial charge on any atom is -0.352 e. The number of aromatic nitrogens is 4. The van der Waals surface area contributed by atoms with E-state index in [1.807, 2.05) is 25.1 Å². The van der Waals surface area contributed by atoms with Crippen LogP contribution in [0.1, 0.15) is 22.8 Å². The van der Waals surface area contributed by atoms with E-state index in [1.165, 1.54) is 0 Å². The van der Waals surface area contributed by atoms with Crippen molar-refractivity contribution in [3.63, 3.8) is 0 Å². The van der Waals surface area contributed by atoms with Crippen LogP contribution in [0.25, 0.3) is 16.6 Å². The fourth-order valence-electron chi connectivity index (χ4n) is 3.25. The van der Waals surface area contributed by atoms with E-state index in [0.717, 1.165) is 17.5 Å². The van der Waals surface area contributed by atoms with Crippen molar-refractivity contribution in [3.05, 3.63) is 76.5 Å². The van der Waals surface area contributed by atoms with E-state index in [2.05, 4.69) is 15.4 Å². The summed E-state index contributed by atoms with van der Waals surface area (Å²) in [5.74, 6) is -0.165. The van der Waals surface area contributed by atoms with Gasteiger partial charge < -0.3 is 9.88 Å². The second-order valence-corrected chi connectivity index (χ2v) is 6.24. The van der Waals surface area contributed by atoms with Crippen LogP contribution in [0, 0.1) is 0 Å². The van der Waals surface area contributed by atoms with E-state index in [9.17, 15) is 9.59 Å². The summed E-state index contributed by atoms with van der Waals surface area (Å²) in [6.45, 7) is 2.96. The molecular weight excluding hydrogens is 342 g/mol. The normalized spacial score (nSPS) is 11.1. The first-order chi connectivity index (χ1) is 13.2. The molecule has 0 atom stereocenters. The van der Waals surface area contributed by atoms with Crippen LogP contribution in [0.3, 0.4) is 0 Å². The van der Waals surface area contributed by atoms with Gasteiger partial charge in [0.2, 0.25) is 0 Å². The monoisotopic (exact) mass is 361 g/mol. The molecule has 0 aliphatic rings. The first kappa shape index (κ1) is 17.0. The Morgan fingerprint density at radius 1 is 1.04 bits per heavy atom. The molecule has 0 fully saturated rings. The molecule has 4 aromatic rings. The molecule has 0 bridgehead atoms. The fraction of sp³-hybridized carbons (Fsp3) is 0.200. The van der Waals surface area contributed by atoms with Crippen LogP contribution in [0.15, 0.2) is 59.8 Å². The van der Waals surface area contributed by atoms with E-state index in [1.54, 1.807) is 45.9 Å². The Morgan fingerprint density at radius 3 is 2.63 bits per heavy atom. The summed E-state index contributed by atoms with van der Waals surface area (Å²) < 4.78 is 3.29. The van der Waals surface area contributed by atoms with Crippen molar-refractivity contribution in [3.8, 4) is 0 Å². The van der Waals surface area contributed by atoms with Gasteiger partial charge in [0.25, 0.3) is 11.5 Å². The summed E-state index contributed by atoms with van der Waals surface area (Å²) in [6.07, 6.45) is 5.81. The maximum atomic E-state index is 12.6. The molecule has 0 unspecified atom stereocenters. The Kier molecular flexibility index (Phi) is 4.42. The summed E-state index contributed by atoms with van der Waals surface area (Å²) in [6, 6.07) is 10.9. The quantitative estimate of drug-likeness (QED) is 0.590. The van der Waals surface area contributed by atoms with Gasteiger partial charge in [0, 0.05) is 31.0 Å². The molecule has 1 aromatic carbocycles. The fourth-order valence-corrected chi connectivity index (χ4v) is 3.25. The number of hydrogen-bond donors (Lipinski definition) is 1. The second-order valence-electron chi connectivity index (χ2n) is 6.24. The molecule has 0 spiro atoms. The molecule has 4 rings (SSSR count). The maximum absolute atomic E-state index is 12.6. The lowest BCUT2D eigenvalue weighted by molar-refractivity contribution is 0.0954. The predicted octanol–water partition coefficient (Wildman–Crippen LogP) is 2.04. The standard InChI is InChI=1S/C20H19N5O2/c1-2-24-18-13-15(19(26)22-11-7-14-5-9-21-10-6-14)3-4-16(18)25-17(20(24)27)8-12-23-25/h3-6,8-10,12-13H,2,7,11H2,1H3,(H,22,26). The van der Waals surface area contributed by atoms with Gasteiger partial charge in [-0.25, -0.2) is 4.52 Å². The highest BCUT2D eigenvalue weighted by atomic mass is 16.1. The van der Waals surface area contributed by atoms with Crippen molar-refractivity contribution in [1.82, 2.24) is 24.5 Å². The summed E-state index contributed by atoms with van der Waals surface area (Å²) in [7, 11) is 0. The molecule has 3 heterocycles. The van der Waals surface area contributed by atoms with Gasteiger partial charge in [0.05, 0.1) is 17.2 Å². The summed E-state index contributed by atoms with van der Waals surface area (Å²) in [5, 5.41) is 7.17. The number of hydrogen-bond acceptors (Lipinski definition) is 4. The Labute approximate surface area is 155 Å². The van der Waals surface area contributed by atoms with Gasteiger partial charge in [-0.1, -0.05) is 0 Å². The van der Waals surface area contributed by atoms with E-state index in [4.69, 9.17) is 0 Å². The van der Waals surface area contributed by atoms with Crippen molar-refractivity contribution in [2.24, 2.45) is 0 Å². The van der Waals surface area contributed by atoms with E-state index >= 15 is 0 Å². The van der Waals surface area contributed by atoms with Gasteiger partial charge in [-0.2, -0.15) is 5.10 Å². The van der Waals surface area contributed by atoms with Crippen molar-refractivity contribution >= 4 is 22.5 Å². The van der Waals surface area contributed by atoms with Gasteiger partial charge in [-0.05, 0) is 55.3 Å². The number of carbonyl (C=O) groups is 1. The van der Waals surface area contributed by atoms with Crippen molar-refractivity contribution in [1.29, 1.82) is 0 Å². The zero-order chi connectivity index (χ0) is 18.8. The second kappa shape index (κ2) is 7.03. The lowest BCUT2D eigenvalue weighted by Crippen LogP contribution is -2.26. The minimum atomic E-state index is -0.165. The Balaban J connectivity index is 1.63. The predicted molar refractivity (Wildman–Crippen MR) is 103 cm³/mol. The van der Waals surface area contributed by atoms with Crippen molar-refractivity contribution in [2.45, 2.75) is 19.9 Å². The molecule has 0 radical (unpaired) electrons. The molecule has 0 aliphatic heterocycles. The third-order valence-electron chi connectivity index (χ3n) is 4.63. The molecule has 0 saturated carbocycles. The molecule has 7 nitrogen and oxygen atoms in total. The van der Waals surface area contributed by atoms with E-state index in [0.29, 0.717) is 29.7 Å². The van der Waals surface area contributed by atoms with Gasteiger partial charge in [0.1, 0.15) is 5.52 Å². The van der Waals surface area contributed by atoms with E-state index < -0.39 is 0 Å². The zero-order valence-electron chi connectivity index (χ0n) is 14.9. The maximum Gasteiger partial charge on any atom is 0.277 e. The Hall–Kier alpha value is -3.48. The number of fused-ring (bicyclic) bond motifs is 3. The van der Waals surface area contributed by atoms with E-state index in [-0.39, 0.29) is 11.5 Å². The summed E-state index contributed by atoms with van der Waals surface area (Å²) in [5.41, 5.74) is 3.54. The van der Waals surface area contributed by atoms with Crippen LogP contribution >= 0.6 is 0 Å². The summed E-state index contributed by atoms with van der Waals surface area (Å²) >= 11 is 0. The SMILES string of the molecule is CCn1c(=O)c2ccnn2c2ccc(C(=O)NCCc3ccncc3)cc21. The van der Waals surface area contributed by atoms with Crippen LogP contribution in [0.4, 0.5) is 0 Å². The molecule has 3 aromatic heterocycles. The Morgan fingerprint density at radius 2 is 1.85 bits per heavy atom. The number of rotatable bonds is 5. The van der Waals surface area contributed by atoms with Crippen molar-refractivity contribution in [2.75, 3.05) is 6.54 Å². The van der Waals surface area contributed by atoms with Crippen LogP contribution < -0.4 is 10.9 Å². The van der Waals surface area contributed by atoms with Gasteiger partial charge in [-0.3, -0.25) is 14.6 Å². The number of benzene rings is 1. The van der Waals surface area contributed by atoms with Crippen LogP contribution in [-0.2, 0) is 13.0 Å². The van der Waals surface area contributed by atoms with Crippen LogP contribution in [0.5, 0.6) is 0 Å². The van der Waals surface area contributed by atoms with Gasteiger partial charge in [-0.15, -0.1) is 0 Å². The molecule has 1 N–H and O–H groups in total. The Bertz CT molecular complexity index is 1180. The molecular formula is C20H19N5O2. The third kappa shape index (κ3) is 3.08. The van der Waals surface area contributed by atoms with Crippen LogP contribution in [0.2, 0.25) is 0 Å². The minimum absolute atomic E-state index is 0.113. The lowest BCUT2D eigenvalue weighted by Gasteiger charge is -2.12. The smallest absolute Gasteiger partial charge is 0.277 e. The number of nitrogens with zero attached hydrogens (tertiary/aromatic N) is 4. The largest absolute Gasteiger partial charge is 0.352 e. The molecule has 0 aliphatic carbocycles. The average Bonchev–Trinajstić information content (AvgIpc) is 3.19. The topological polar surface area (TPSA) is 81.3 Å². The highest BCUT2D eigenvalue weighted by molar-refractivity contribution is 5.97.